The molecule has 0 amide bonds. The number of carbonyl (C=O) groups excluding carboxylic acids is 2. The molecule has 1 aliphatic carbocycles. The number of aliphatic carboxylic acids is 2. The first-order valence-corrected chi connectivity index (χ1v) is 4.04. The number of hydrogen-bond acceptors (Lipinski definition) is 4. The quantitative estimate of drug-likeness (QED) is 0.532. The summed E-state index contributed by atoms with van der Waals surface area (Å²) in [5, 5.41) is 20.9. The summed E-state index contributed by atoms with van der Waals surface area (Å²) in [5.74, 6) is -4.21. The van der Waals surface area contributed by atoms with Gasteiger partial charge in [0.1, 0.15) is 0 Å². The van der Waals surface area contributed by atoms with E-state index in [1.807, 2.05) is 0 Å². The Balaban J connectivity index is 0.00000144. The topological polar surface area (TPSA) is 80.3 Å². The van der Waals surface area contributed by atoms with Crippen LogP contribution < -0.4 is 10.2 Å². The Morgan fingerprint density at radius 2 is 1.23 bits per heavy atom. The zero-order valence-electron chi connectivity index (χ0n) is 7.32. The zero-order valence-corrected chi connectivity index (χ0v) is 10.8. The predicted molar refractivity (Wildman–Crippen MR) is 41.2 cm³/mol. The van der Waals surface area contributed by atoms with Crippen LogP contribution in [0, 0.1) is 11.8 Å². The molecular weight excluding hydrogens is 248 g/mol. The fraction of sp³-hybridized carbons (Fsp3) is 0.750. The second-order valence-electron chi connectivity index (χ2n) is 3.14. The van der Waals surface area contributed by atoms with E-state index in [-0.39, 0.29) is 45.5 Å². The molecule has 2 unspecified atom stereocenters. The molecule has 4 nitrogen and oxygen atoms in total. The average molecular weight is 258 g/mol. The van der Waals surface area contributed by atoms with E-state index in [1.165, 1.54) is 0 Å². The molecule has 13 heavy (non-hydrogen) atoms. The second kappa shape index (κ2) is 6.01. The van der Waals surface area contributed by atoms with Gasteiger partial charge in [-0.3, -0.25) is 0 Å². The predicted octanol–water partition coefficient (Wildman–Crippen LogP) is -2.09. The average Bonchev–Trinajstić information content (AvgIpc) is 2.04. The number of carboxylic acid groups (broad SMARTS) is 2. The van der Waals surface area contributed by atoms with Gasteiger partial charge in [-0.1, -0.05) is 12.8 Å². The van der Waals surface area contributed by atoms with E-state index in [1.54, 1.807) is 0 Å². The third-order valence-corrected chi connectivity index (χ3v) is 2.37. The molecule has 0 aromatic heterocycles. The van der Waals surface area contributed by atoms with Gasteiger partial charge in [-0.15, -0.1) is 0 Å². The summed E-state index contributed by atoms with van der Waals surface area (Å²) in [6.07, 6.45) is 2.34. The monoisotopic (exact) mass is 258 g/mol. The number of hydrogen-bond donors (Lipinski definition) is 0. The van der Waals surface area contributed by atoms with Crippen molar-refractivity contribution in [3.05, 3.63) is 0 Å². The molecule has 68 valence electrons. The van der Waals surface area contributed by atoms with Crippen molar-refractivity contribution in [1.82, 2.24) is 0 Å². The van der Waals surface area contributed by atoms with Gasteiger partial charge in [-0.2, -0.15) is 0 Å². The Labute approximate surface area is 114 Å². The first kappa shape index (κ1) is 13.4. The summed E-state index contributed by atoms with van der Waals surface area (Å²) in [7, 11) is 0. The number of carbonyl (C=O) groups is 2. The molecule has 1 saturated carbocycles. The van der Waals surface area contributed by atoms with Gasteiger partial charge in [0.2, 0.25) is 0 Å². The molecule has 0 aliphatic heterocycles. The van der Waals surface area contributed by atoms with Crippen LogP contribution in [0.2, 0.25) is 0 Å². The zero-order chi connectivity index (χ0) is 9.14. The SMILES string of the molecule is O=C([O-])C1CCCCC1C(=O)[O-].[Sr+2]. The van der Waals surface area contributed by atoms with Gasteiger partial charge in [0.05, 0.1) is 0 Å². The largest absolute Gasteiger partial charge is 2.00 e. The summed E-state index contributed by atoms with van der Waals surface area (Å²) in [6.45, 7) is 0. The molecule has 1 fully saturated rings. The molecule has 0 heterocycles. The Kier molecular flexibility index (Phi) is 6.20. The van der Waals surface area contributed by atoms with Crippen molar-refractivity contribution in [2.45, 2.75) is 25.7 Å². The maximum Gasteiger partial charge on any atom is 2.00 e. The molecule has 0 bridgehead atoms. The third kappa shape index (κ3) is 3.58. The summed E-state index contributed by atoms with van der Waals surface area (Å²) in [5.41, 5.74) is 0. The van der Waals surface area contributed by atoms with Crippen molar-refractivity contribution in [3.63, 3.8) is 0 Å². The summed E-state index contributed by atoms with van der Waals surface area (Å²) >= 11 is 0. The number of carboxylic acids is 2. The van der Waals surface area contributed by atoms with Crippen molar-refractivity contribution in [3.8, 4) is 0 Å². The summed E-state index contributed by atoms with van der Waals surface area (Å²) in [4.78, 5) is 20.9. The van der Waals surface area contributed by atoms with Crippen molar-refractivity contribution >= 4 is 57.4 Å². The van der Waals surface area contributed by atoms with Crippen LogP contribution in [0.15, 0.2) is 0 Å². The van der Waals surface area contributed by atoms with Crippen molar-refractivity contribution in [1.29, 1.82) is 0 Å². The summed E-state index contributed by atoms with van der Waals surface area (Å²) in [6, 6.07) is 0. The minimum absolute atomic E-state index is 0. The van der Waals surface area contributed by atoms with Crippen molar-refractivity contribution in [2.24, 2.45) is 11.8 Å². The first-order chi connectivity index (χ1) is 5.63. The van der Waals surface area contributed by atoms with E-state index in [9.17, 15) is 19.8 Å². The van der Waals surface area contributed by atoms with Crippen LogP contribution in [0.3, 0.4) is 0 Å². The van der Waals surface area contributed by atoms with Crippen LogP contribution in [0.5, 0.6) is 0 Å². The molecule has 5 heteroatoms. The molecule has 0 aromatic rings. The number of rotatable bonds is 2. The van der Waals surface area contributed by atoms with Gasteiger partial charge in [0, 0.05) is 23.8 Å². The second-order valence-corrected chi connectivity index (χ2v) is 3.14. The van der Waals surface area contributed by atoms with E-state index in [0.29, 0.717) is 12.8 Å². The Hall–Kier alpha value is 0.421. The molecule has 0 aromatic carbocycles. The maximum atomic E-state index is 10.5. The molecule has 0 saturated heterocycles. The van der Waals surface area contributed by atoms with Crippen LogP contribution in [0.4, 0.5) is 0 Å². The molecule has 1 aliphatic rings. The van der Waals surface area contributed by atoms with Crippen LogP contribution in [-0.2, 0) is 9.59 Å². The van der Waals surface area contributed by atoms with Crippen LogP contribution in [-0.4, -0.2) is 57.4 Å². The van der Waals surface area contributed by atoms with E-state index in [2.05, 4.69) is 0 Å². The fourth-order valence-electron chi connectivity index (χ4n) is 1.70. The summed E-state index contributed by atoms with van der Waals surface area (Å²) < 4.78 is 0. The molecule has 0 N–H and O–H groups in total. The molecule has 0 spiro atoms. The van der Waals surface area contributed by atoms with Crippen LogP contribution >= 0.6 is 0 Å². The van der Waals surface area contributed by atoms with Crippen LogP contribution in [0.1, 0.15) is 25.7 Å². The Bertz CT molecular complexity index is 182. The van der Waals surface area contributed by atoms with Gasteiger partial charge < -0.3 is 19.8 Å². The minimum atomic E-state index is -1.26. The first-order valence-electron chi connectivity index (χ1n) is 4.04. The van der Waals surface area contributed by atoms with E-state index in [0.717, 1.165) is 12.8 Å². The van der Waals surface area contributed by atoms with Crippen molar-refractivity contribution in [2.75, 3.05) is 0 Å². The minimum Gasteiger partial charge on any atom is -0.550 e. The molecule has 2 atom stereocenters. The van der Waals surface area contributed by atoms with E-state index < -0.39 is 23.8 Å². The molecular formula is C8H10O4Sr. The normalized spacial score (nSPS) is 27.4. The maximum absolute atomic E-state index is 10.5. The third-order valence-electron chi connectivity index (χ3n) is 2.37. The van der Waals surface area contributed by atoms with Gasteiger partial charge >= 0.3 is 45.5 Å². The van der Waals surface area contributed by atoms with Gasteiger partial charge in [-0.05, 0) is 12.8 Å². The van der Waals surface area contributed by atoms with E-state index >= 15 is 0 Å². The van der Waals surface area contributed by atoms with Crippen LogP contribution in [0.25, 0.3) is 0 Å². The standard InChI is InChI=1S/C8H12O4.Sr/c9-7(10)5-3-1-2-4-6(5)8(11)12;/h5-6H,1-4H2,(H,9,10)(H,11,12);/q;+2/p-2. The fourth-order valence-corrected chi connectivity index (χ4v) is 1.70. The van der Waals surface area contributed by atoms with E-state index in [4.69, 9.17) is 0 Å². The van der Waals surface area contributed by atoms with Crippen molar-refractivity contribution < 1.29 is 19.8 Å². The smallest absolute Gasteiger partial charge is 0.550 e. The Morgan fingerprint density at radius 3 is 1.46 bits per heavy atom. The van der Waals surface area contributed by atoms with Gasteiger partial charge in [0.25, 0.3) is 0 Å². The molecule has 1 rings (SSSR count). The Morgan fingerprint density at radius 1 is 0.923 bits per heavy atom. The van der Waals surface area contributed by atoms with Gasteiger partial charge in [-0.25, -0.2) is 0 Å². The van der Waals surface area contributed by atoms with Gasteiger partial charge in [0.15, 0.2) is 0 Å². The molecule has 0 radical (unpaired) electrons.